The molecule has 0 saturated carbocycles. The van der Waals surface area contributed by atoms with Gasteiger partial charge in [-0.25, -0.2) is 0 Å². The van der Waals surface area contributed by atoms with E-state index in [2.05, 4.69) is 48.1 Å². The van der Waals surface area contributed by atoms with Crippen molar-refractivity contribution in [1.29, 1.82) is 0 Å². The maximum Gasteiger partial charge on any atom is 0.0517 e. The van der Waals surface area contributed by atoms with E-state index in [9.17, 15) is 0 Å². The maximum absolute atomic E-state index is 4.49. The first kappa shape index (κ1) is 15.5. The third-order valence-corrected chi connectivity index (χ3v) is 4.49. The molecule has 0 aromatic carbocycles. The van der Waals surface area contributed by atoms with Gasteiger partial charge in [0.2, 0.25) is 0 Å². The average Bonchev–Trinajstić information content (AvgIpc) is 2.96. The zero-order chi connectivity index (χ0) is 14.6. The predicted molar refractivity (Wildman–Crippen MR) is 84.9 cm³/mol. The molecule has 0 radical (unpaired) electrons. The fourth-order valence-corrected chi connectivity index (χ4v) is 3.19. The maximum atomic E-state index is 4.49. The molecule has 0 bridgehead atoms. The molecule has 3 nitrogen and oxygen atoms in total. The Labute approximate surface area is 123 Å². The zero-order valence-corrected chi connectivity index (χ0v) is 13.4. The molecule has 1 unspecified atom stereocenters. The summed E-state index contributed by atoms with van der Waals surface area (Å²) < 4.78 is 0. The highest BCUT2D eigenvalue weighted by Gasteiger charge is 2.37. The highest BCUT2D eigenvalue weighted by Crippen LogP contribution is 2.33. The Balaban J connectivity index is 2.23. The van der Waals surface area contributed by atoms with Gasteiger partial charge in [-0.1, -0.05) is 13.0 Å². The van der Waals surface area contributed by atoms with Crippen LogP contribution in [0.25, 0.3) is 0 Å². The van der Waals surface area contributed by atoms with Crippen LogP contribution in [0.3, 0.4) is 0 Å². The second-order valence-electron chi connectivity index (χ2n) is 6.47. The molecule has 3 heteroatoms. The van der Waals surface area contributed by atoms with Crippen molar-refractivity contribution in [3.8, 4) is 0 Å². The molecule has 112 valence electrons. The lowest BCUT2D eigenvalue weighted by Gasteiger charge is -2.42. The van der Waals surface area contributed by atoms with Gasteiger partial charge in [0.25, 0.3) is 0 Å². The Morgan fingerprint density at radius 2 is 2.00 bits per heavy atom. The molecule has 0 amide bonds. The van der Waals surface area contributed by atoms with Gasteiger partial charge < -0.3 is 5.32 Å². The lowest BCUT2D eigenvalue weighted by Crippen LogP contribution is -2.51. The second-order valence-corrected chi connectivity index (χ2v) is 6.47. The molecule has 0 spiro atoms. The molecule has 1 N–H and O–H groups in total. The van der Waals surface area contributed by atoms with Gasteiger partial charge >= 0.3 is 0 Å². The van der Waals surface area contributed by atoms with Crippen molar-refractivity contribution >= 4 is 0 Å². The van der Waals surface area contributed by atoms with Gasteiger partial charge in [-0.3, -0.25) is 9.88 Å². The molecule has 1 saturated heterocycles. The van der Waals surface area contributed by atoms with E-state index < -0.39 is 0 Å². The van der Waals surface area contributed by atoms with E-state index in [1.165, 1.54) is 31.5 Å². The largest absolute Gasteiger partial charge is 0.308 e. The molecular formula is C17H29N3. The SMILES string of the molecule is CCCNC(c1ccc(C)nc1)C(C)(C)N1CCCC1. The van der Waals surface area contributed by atoms with Crippen molar-refractivity contribution in [3.63, 3.8) is 0 Å². The van der Waals surface area contributed by atoms with Crippen LogP contribution in [-0.4, -0.2) is 35.1 Å². The first-order chi connectivity index (χ1) is 9.55. The molecule has 1 atom stereocenters. The van der Waals surface area contributed by atoms with Gasteiger partial charge in [0.05, 0.1) is 6.04 Å². The van der Waals surface area contributed by atoms with Crippen molar-refractivity contribution in [2.45, 2.75) is 58.5 Å². The Bertz CT molecular complexity index is 405. The van der Waals surface area contributed by atoms with Crippen LogP contribution < -0.4 is 5.32 Å². The van der Waals surface area contributed by atoms with Crippen molar-refractivity contribution in [3.05, 3.63) is 29.6 Å². The minimum atomic E-state index is 0.128. The Kier molecular flexibility index (Phi) is 5.17. The van der Waals surface area contributed by atoms with Gasteiger partial charge in [0, 0.05) is 17.4 Å². The van der Waals surface area contributed by atoms with Crippen molar-refractivity contribution in [1.82, 2.24) is 15.2 Å². The molecule has 20 heavy (non-hydrogen) atoms. The van der Waals surface area contributed by atoms with Crippen LogP contribution in [0, 0.1) is 6.92 Å². The third kappa shape index (κ3) is 3.39. The van der Waals surface area contributed by atoms with E-state index in [1.54, 1.807) is 0 Å². The molecule has 1 aromatic heterocycles. The number of aryl methyl sites for hydroxylation is 1. The van der Waals surface area contributed by atoms with Gasteiger partial charge in [-0.15, -0.1) is 0 Å². The van der Waals surface area contributed by atoms with Crippen molar-refractivity contribution < 1.29 is 0 Å². The van der Waals surface area contributed by atoms with E-state index in [4.69, 9.17) is 0 Å². The van der Waals surface area contributed by atoms with Gasteiger partial charge in [-0.05, 0) is 71.3 Å². The Morgan fingerprint density at radius 1 is 1.30 bits per heavy atom. The lowest BCUT2D eigenvalue weighted by molar-refractivity contribution is 0.106. The third-order valence-electron chi connectivity index (χ3n) is 4.49. The van der Waals surface area contributed by atoms with Crippen LogP contribution in [0.15, 0.2) is 18.3 Å². The van der Waals surface area contributed by atoms with E-state index in [-0.39, 0.29) is 5.54 Å². The van der Waals surface area contributed by atoms with Crippen LogP contribution in [0.1, 0.15) is 57.3 Å². The summed E-state index contributed by atoms with van der Waals surface area (Å²) in [5.41, 5.74) is 2.52. The molecular weight excluding hydrogens is 246 g/mol. The number of hydrogen-bond donors (Lipinski definition) is 1. The summed E-state index contributed by atoms with van der Waals surface area (Å²) in [6, 6.07) is 4.69. The number of aromatic nitrogens is 1. The molecule has 2 heterocycles. The number of pyridine rings is 1. The van der Waals surface area contributed by atoms with Crippen LogP contribution in [-0.2, 0) is 0 Å². The number of rotatable bonds is 6. The summed E-state index contributed by atoms with van der Waals surface area (Å²) in [7, 11) is 0. The van der Waals surface area contributed by atoms with E-state index in [0.717, 1.165) is 18.7 Å². The first-order valence-corrected chi connectivity index (χ1v) is 7.96. The summed E-state index contributed by atoms with van der Waals surface area (Å²) in [4.78, 5) is 7.11. The Hall–Kier alpha value is -0.930. The lowest BCUT2D eigenvalue weighted by atomic mass is 9.87. The summed E-state index contributed by atoms with van der Waals surface area (Å²) in [5, 5.41) is 3.74. The minimum Gasteiger partial charge on any atom is -0.308 e. The van der Waals surface area contributed by atoms with Crippen LogP contribution in [0.2, 0.25) is 0 Å². The van der Waals surface area contributed by atoms with Crippen molar-refractivity contribution in [2.24, 2.45) is 0 Å². The topological polar surface area (TPSA) is 28.2 Å². The van der Waals surface area contributed by atoms with E-state index >= 15 is 0 Å². The van der Waals surface area contributed by atoms with Gasteiger partial charge in [-0.2, -0.15) is 0 Å². The van der Waals surface area contributed by atoms with Crippen LogP contribution in [0.5, 0.6) is 0 Å². The Morgan fingerprint density at radius 3 is 2.55 bits per heavy atom. The first-order valence-electron chi connectivity index (χ1n) is 7.96. The normalized spacial score (nSPS) is 18.4. The van der Waals surface area contributed by atoms with Gasteiger partial charge in [0.1, 0.15) is 0 Å². The number of nitrogens with zero attached hydrogens (tertiary/aromatic N) is 2. The summed E-state index contributed by atoms with van der Waals surface area (Å²) >= 11 is 0. The van der Waals surface area contributed by atoms with Crippen molar-refractivity contribution in [2.75, 3.05) is 19.6 Å². The van der Waals surface area contributed by atoms with Crippen LogP contribution >= 0.6 is 0 Å². The fraction of sp³-hybridized carbons (Fsp3) is 0.706. The number of hydrogen-bond acceptors (Lipinski definition) is 3. The van der Waals surface area contributed by atoms with Crippen LogP contribution in [0.4, 0.5) is 0 Å². The molecule has 1 aliphatic heterocycles. The molecule has 0 aliphatic carbocycles. The highest BCUT2D eigenvalue weighted by atomic mass is 15.2. The van der Waals surface area contributed by atoms with E-state index in [1.807, 2.05) is 13.1 Å². The zero-order valence-electron chi connectivity index (χ0n) is 13.4. The van der Waals surface area contributed by atoms with E-state index in [0.29, 0.717) is 6.04 Å². The monoisotopic (exact) mass is 275 g/mol. The number of nitrogens with one attached hydrogen (secondary N) is 1. The molecule has 1 aromatic rings. The second kappa shape index (κ2) is 6.68. The number of likely N-dealkylation sites (tertiary alicyclic amines) is 1. The summed E-state index contributed by atoms with van der Waals surface area (Å²) in [6.45, 7) is 12.5. The summed E-state index contributed by atoms with van der Waals surface area (Å²) in [5.74, 6) is 0. The summed E-state index contributed by atoms with van der Waals surface area (Å²) in [6.07, 6.45) is 5.86. The highest BCUT2D eigenvalue weighted by molar-refractivity contribution is 5.21. The smallest absolute Gasteiger partial charge is 0.0517 e. The quantitative estimate of drug-likeness (QED) is 0.863. The molecule has 1 fully saturated rings. The molecule has 2 rings (SSSR count). The predicted octanol–water partition coefficient (Wildman–Crippen LogP) is 3.31. The standard InChI is InChI=1S/C17H29N3/c1-5-10-18-16(15-9-8-14(2)19-13-15)17(3,4)20-11-6-7-12-20/h8-9,13,16,18H,5-7,10-12H2,1-4H3. The minimum absolute atomic E-state index is 0.128. The fourth-order valence-electron chi connectivity index (χ4n) is 3.19. The molecule has 1 aliphatic rings. The van der Waals surface area contributed by atoms with Gasteiger partial charge in [0.15, 0.2) is 0 Å². The average molecular weight is 275 g/mol.